The van der Waals surface area contributed by atoms with Gasteiger partial charge in [-0.3, -0.25) is 4.99 Å². The third-order valence-electron chi connectivity index (χ3n) is 2.27. The summed E-state index contributed by atoms with van der Waals surface area (Å²) >= 11 is 1.71. The molecule has 1 rings (SSSR count). The Morgan fingerprint density at radius 2 is 2.16 bits per heavy atom. The van der Waals surface area contributed by atoms with E-state index in [0.717, 1.165) is 16.7 Å². The minimum atomic E-state index is 0. The van der Waals surface area contributed by atoms with Crippen LogP contribution in [-0.4, -0.2) is 24.5 Å². The zero-order valence-electron chi connectivity index (χ0n) is 12.0. The smallest absolute Gasteiger partial charge is 0.191 e. The molecule has 0 radical (unpaired) electrons. The molecule has 0 atom stereocenters. The summed E-state index contributed by atoms with van der Waals surface area (Å²) in [4.78, 5) is 8.74. The Balaban J connectivity index is 0.00000324. The van der Waals surface area contributed by atoms with E-state index in [1.807, 2.05) is 0 Å². The Morgan fingerprint density at radius 1 is 1.47 bits per heavy atom. The summed E-state index contributed by atoms with van der Waals surface area (Å²) in [5.41, 5.74) is 1.16. The molecule has 1 aromatic rings. The van der Waals surface area contributed by atoms with Crippen LogP contribution in [0.2, 0.25) is 0 Å². The van der Waals surface area contributed by atoms with E-state index in [0.29, 0.717) is 13.1 Å². The van der Waals surface area contributed by atoms with Crippen LogP contribution in [0, 0.1) is 0 Å². The van der Waals surface area contributed by atoms with Crippen molar-refractivity contribution in [2.75, 3.05) is 13.6 Å². The van der Waals surface area contributed by atoms with Crippen molar-refractivity contribution in [2.24, 2.45) is 4.99 Å². The van der Waals surface area contributed by atoms with Crippen molar-refractivity contribution < 1.29 is 0 Å². The first-order valence-corrected chi connectivity index (χ1v) is 6.85. The van der Waals surface area contributed by atoms with Crippen molar-refractivity contribution in [3.8, 4) is 0 Å². The second-order valence-corrected chi connectivity index (χ2v) is 5.85. The summed E-state index contributed by atoms with van der Waals surface area (Å²) in [6.45, 7) is 11.6. The molecule has 0 aliphatic carbocycles. The van der Waals surface area contributed by atoms with E-state index in [1.165, 1.54) is 0 Å². The third kappa shape index (κ3) is 6.38. The van der Waals surface area contributed by atoms with Crippen molar-refractivity contribution in [2.45, 2.75) is 32.7 Å². The van der Waals surface area contributed by atoms with Crippen LogP contribution < -0.4 is 10.6 Å². The number of halogens is 1. The van der Waals surface area contributed by atoms with Gasteiger partial charge < -0.3 is 10.6 Å². The van der Waals surface area contributed by atoms with Gasteiger partial charge in [-0.1, -0.05) is 26.8 Å². The molecule has 19 heavy (non-hydrogen) atoms. The van der Waals surface area contributed by atoms with Gasteiger partial charge in [0, 0.05) is 24.4 Å². The number of guanidine groups is 1. The maximum Gasteiger partial charge on any atom is 0.191 e. The fraction of sp³-hybridized carbons (Fsp3) is 0.538. The number of thiazole rings is 1. The Bertz CT molecular complexity index is 421. The van der Waals surface area contributed by atoms with Crippen LogP contribution in [0.25, 0.3) is 0 Å². The molecule has 0 bridgehead atoms. The first-order chi connectivity index (χ1) is 8.47. The SMILES string of the molecule is C=CCNC(=NC)NCc1csc(C(C)(C)C)n1.I. The summed E-state index contributed by atoms with van der Waals surface area (Å²) < 4.78 is 0. The quantitative estimate of drug-likeness (QED) is 0.357. The molecular formula is C13H23IN4S. The fourth-order valence-corrected chi connectivity index (χ4v) is 2.20. The first kappa shape index (κ1) is 18.4. The van der Waals surface area contributed by atoms with Crippen LogP contribution in [0.1, 0.15) is 31.5 Å². The molecule has 0 aromatic carbocycles. The number of rotatable bonds is 4. The van der Waals surface area contributed by atoms with Crippen molar-refractivity contribution in [3.05, 3.63) is 28.7 Å². The summed E-state index contributed by atoms with van der Waals surface area (Å²) in [6.07, 6.45) is 1.80. The van der Waals surface area contributed by atoms with E-state index in [4.69, 9.17) is 0 Å². The molecule has 0 fully saturated rings. The van der Waals surface area contributed by atoms with Gasteiger partial charge in [-0.2, -0.15) is 0 Å². The summed E-state index contributed by atoms with van der Waals surface area (Å²) in [5.74, 6) is 0.764. The zero-order chi connectivity index (χ0) is 13.6. The van der Waals surface area contributed by atoms with Crippen LogP contribution in [0.5, 0.6) is 0 Å². The van der Waals surface area contributed by atoms with Gasteiger partial charge in [0.1, 0.15) is 0 Å². The van der Waals surface area contributed by atoms with Crippen LogP contribution >= 0.6 is 35.3 Å². The number of hydrogen-bond donors (Lipinski definition) is 2. The van der Waals surface area contributed by atoms with Gasteiger partial charge in [0.05, 0.1) is 17.2 Å². The lowest BCUT2D eigenvalue weighted by atomic mass is 9.98. The molecule has 4 nitrogen and oxygen atoms in total. The molecule has 0 aliphatic heterocycles. The molecular weight excluding hydrogens is 371 g/mol. The fourth-order valence-electron chi connectivity index (χ4n) is 1.30. The van der Waals surface area contributed by atoms with Crippen LogP contribution in [-0.2, 0) is 12.0 Å². The van der Waals surface area contributed by atoms with Gasteiger partial charge in [0.2, 0.25) is 0 Å². The van der Waals surface area contributed by atoms with Gasteiger partial charge in [0.25, 0.3) is 0 Å². The van der Waals surface area contributed by atoms with Crippen LogP contribution in [0.3, 0.4) is 0 Å². The lowest BCUT2D eigenvalue weighted by Crippen LogP contribution is -2.36. The van der Waals surface area contributed by atoms with Crippen LogP contribution in [0.4, 0.5) is 0 Å². The third-order valence-corrected chi connectivity index (χ3v) is 3.58. The normalized spacial score (nSPS) is 11.7. The second kappa shape index (κ2) is 8.52. The number of nitrogens with zero attached hydrogens (tertiary/aromatic N) is 2. The van der Waals surface area contributed by atoms with E-state index in [9.17, 15) is 0 Å². The highest BCUT2D eigenvalue weighted by molar-refractivity contribution is 14.0. The molecule has 1 heterocycles. The Labute approximate surface area is 136 Å². The monoisotopic (exact) mass is 394 g/mol. The molecule has 0 unspecified atom stereocenters. The van der Waals surface area contributed by atoms with E-state index in [1.54, 1.807) is 24.5 Å². The van der Waals surface area contributed by atoms with E-state index >= 15 is 0 Å². The molecule has 0 saturated carbocycles. The van der Waals surface area contributed by atoms with Crippen molar-refractivity contribution in [1.29, 1.82) is 0 Å². The Kier molecular flexibility index (Phi) is 8.24. The van der Waals surface area contributed by atoms with E-state index < -0.39 is 0 Å². The molecule has 0 amide bonds. The molecule has 108 valence electrons. The van der Waals surface area contributed by atoms with Gasteiger partial charge in [-0.25, -0.2) is 4.98 Å². The summed E-state index contributed by atoms with van der Waals surface area (Å²) in [7, 11) is 1.75. The second-order valence-electron chi connectivity index (χ2n) is 4.99. The minimum Gasteiger partial charge on any atom is -0.353 e. The largest absolute Gasteiger partial charge is 0.353 e. The number of aliphatic imine (C=N–C) groups is 1. The predicted octanol–water partition coefficient (Wildman–Crippen LogP) is 2.91. The highest BCUT2D eigenvalue weighted by Gasteiger charge is 2.17. The predicted molar refractivity (Wildman–Crippen MR) is 94.6 cm³/mol. The average molecular weight is 394 g/mol. The molecule has 0 spiro atoms. The molecule has 0 saturated heterocycles. The number of hydrogen-bond acceptors (Lipinski definition) is 3. The molecule has 0 aliphatic rings. The maximum absolute atomic E-state index is 4.62. The first-order valence-electron chi connectivity index (χ1n) is 5.97. The van der Waals surface area contributed by atoms with Gasteiger partial charge in [-0.05, 0) is 0 Å². The van der Waals surface area contributed by atoms with Gasteiger partial charge >= 0.3 is 0 Å². The highest BCUT2D eigenvalue weighted by Crippen LogP contribution is 2.25. The average Bonchev–Trinajstić information content (AvgIpc) is 2.78. The van der Waals surface area contributed by atoms with Crippen molar-refractivity contribution in [3.63, 3.8) is 0 Å². The lowest BCUT2D eigenvalue weighted by Gasteiger charge is -2.13. The maximum atomic E-state index is 4.62. The summed E-state index contributed by atoms with van der Waals surface area (Å²) in [5, 5.41) is 9.60. The lowest BCUT2D eigenvalue weighted by molar-refractivity contribution is 0.582. The van der Waals surface area contributed by atoms with Gasteiger partial charge in [0.15, 0.2) is 5.96 Å². The zero-order valence-corrected chi connectivity index (χ0v) is 15.1. The number of aromatic nitrogens is 1. The topological polar surface area (TPSA) is 49.3 Å². The van der Waals surface area contributed by atoms with Crippen molar-refractivity contribution >= 4 is 41.3 Å². The van der Waals surface area contributed by atoms with Crippen LogP contribution in [0.15, 0.2) is 23.0 Å². The minimum absolute atomic E-state index is 0. The van der Waals surface area contributed by atoms with E-state index in [-0.39, 0.29) is 29.4 Å². The molecule has 6 heteroatoms. The molecule has 2 N–H and O–H groups in total. The highest BCUT2D eigenvalue weighted by atomic mass is 127. The Hall–Kier alpha value is -0.630. The summed E-state index contributed by atoms with van der Waals surface area (Å²) in [6, 6.07) is 0. The standard InChI is InChI=1S/C13H22N4S.HI/c1-6-7-15-12(14-5)16-8-10-9-18-11(17-10)13(2,3)4;/h6,9H,1,7-8H2,2-5H3,(H2,14,15,16);1H. The van der Waals surface area contributed by atoms with E-state index in [2.05, 4.69) is 53.3 Å². The number of nitrogens with one attached hydrogen (secondary N) is 2. The Morgan fingerprint density at radius 3 is 2.63 bits per heavy atom. The molecule has 1 aromatic heterocycles. The van der Waals surface area contributed by atoms with Crippen molar-refractivity contribution in [1.82, 2.24) is 15.6 Å². The van der Waals surface area contributed by atoms with Gasteiger partial charge in [-0.15, -0.1) is 41.9 Å².